The van der Waals surface area contributed by atoms with Crippen molar-refractivity contribution < 1.29 is 4.79 Å². The van der Waals surface area contributed by atoms with Crippen LogP contribution in [0.15, 0.2) is 18.2 Å². The van der Waals surface area contributed by atoms with Gasteiger partial charge in [0.05, 0.1) is 0 Å². The zero-order chi connectivity index (χ0) is 13.3. The molecule has 0 heterocycles. The fourth-order valence-corrected chi connectivity index (χ4v) is 2.19. The van der Waals surface area contributed by atoms with Crippen molar-refractivity contribution in [2.24, 2.45) is 5.73 Å². The molecule has 1 atom stereocenters. The Morgan fingerprint density at radius 3 is 2.67 bits per heavy atom. The molecule has 0 fully saturated rings. The molecule has 2 rings (SSSR count). The Hall–Kier alpha value is -1.35. The SMILES string of the molecule is CC(N)C(C)(C)NC(=O)c1ccc2c(c1)CCC2. The minimum Gasteiger partial charge on any atom is -0.346 e. The number of aryl methyl sites for hydroxylation is 2. The Labute approximate surface area is 109 Å². The van der Waals surface area contributed by atoms with Crippen LogP contribution in [0.4, 0.5) is 0 Å². The van der Waals surface area contributed by atoms with Crippen molar-refractivity contribution in [1.82, 2.24) is 5.32 Å². The van der Waals surface area contributed by atoms with Crippen LogP contribution in [0, 0.1) is 0 Å². The van der Waals surface area contributed by atoms with E-state index in [0.717, 1.165) is 18.4 Å². The molecule has 0 saturated heterocycles. The molecule has 3 heteroatoms. The summed E-state index contributed by atoms with van der Waals surface area (Å²) in [5.74, 6) is -0.0352. The van der Waals surface area contributed by atoms with Crippen LogP contribution in [0.25, 0.3) is 0 Å². The second kappa shape index (κ2) is 4.73. The second-order valence-corrected chi connectivity index (χ2v) is 5.80. The number of nitrogens with two attached hydrogens (primary N) is 1. The van der Waals surface area contributed by atoms with Crippen molar-refractivity contribution in [2.75, 3.05) is 0 Å². The molecule has 1 aromatic rings. The predicted octanol–water partition coefficient (Wildman–Crippen LogP) is 2.03. The Kier molecular flexibility index (Phi) is 3.44. The molecule has 1 amide bonds. The van der Waals surface area contributed by atoms with E-state index in [1.807, 2.05) is 32.9 Å². The van der Waals surface area contributed by atoms with Crippen LogP contribution in [0.5, 0.6) is 0 Å². The predicted molar refractivity (Wildman–Crippen MR) is 73.7 cm³/mol. The minimum absolute atomic E-state index is 0.0352. The Bertz CT molecular complexity index is 464. The van der Waals surface area contributed by atoms with Gasteiger partial charge in [-0.2, -0.15) is 0 Å². The van der Waals surface area contributed by atoms with Gasteiger partial charge in [-0.25, -0.2) is 0 Å². The van der Waals surface area contributed by atoms with Crippen molar-refractivity contribution >= 4 is 5.91 Å². The zero-order valence-electron chi connectivity index (χ0n) is 11.4. The molecule has 1 aliphatic carbocycles. The maximum atomic E-state index is 12.2. The topological polar surface area (TPSA) is 55.1 Å². The fraction of sp³-hybridized carbons (Fsp3) is 0.533. The second-order valence-electron chi connectivity index (χ2n) is 5.80. The maximum Gasteiger partial charge on any atom is 0.251 e. The minimum atomic E-state index is -0.393. The lowest BCUT2D eigenvalue weighted by molar-refractivity contribution is 0.0903. The highest BCUT2D eigenvalue weighted by Gasteiger charge is 2.25. The van der Waals surface area contributed by atoms with Crippen molar-refractivity contribution in [1.29, 1.82) is 0 Å². The number of benzene rings is 1. The number of carbonyl (C=O) groups excluding carboxylic acids is 1. The molecule has 1 aliphatic rings. The molecule has 0 saturated carbocycles. The molecular weight excluding hydrogens is 224 g/mol. The van der Waals surface area contributed by atoms with Crippen molar-refractivity contribution in [3.63, 3.8) is 0 Å². The number of hydrogen-bond donors (Lipinski definition) is 2. The summed E-state index contributed by atoms with van der Waals surface area (Å²) in [6, 6.07) is 5.93. The molecule has 0 spiro atoms. The van der Waals surface area contributed by atoms with Gasteiger partial charge in [-0.05, 0) is 63.3 Å². The normalized spacial score (nSPS) is 16.2. The maximum absolute atomic E-state index is 12.2. The first-order valence-corrected chi connectivity index (χ1v) is 6.60. The van der Waals surface area contributed by atoms with E-state index in [1.54, 1.807) is 0 Å². The average Bonchev–Trinajstić information content (AvgIpc) is 2.74. The first-order valence-electron chi connectivity index (χ1n) is 6.60. The molecule has 0 radical (unpaired) electrons. The highest BCUT2D eigenvalue weighted by atomic mass is 16.1. The Morgan fingerprint density at radius 2 is 2.00 bits per heavy atom. The van der Waals surface area contributed by atoms with E-state index in [1.165, 1.54) is 17.5 Å². The van der Waals surface area contributed by atoms with Crippen LogP contribution in [0.2, 0.25) is 0 Å². The summed E-state index contributed by atoms with van der Waals surface area (Å²) in [4.78, 5) is 12.2. The fourth-order valence-electron chi connectivity index (χ4n) is 2.19. The Morgan fingerprint density at radius 1 is 1.33 bits per heavy atom. The summed E-state index contributed by atoms with van der Waals surface area (Å²) in [5, 5.41) is 3.00. The summed E-state index contributed by atoms with van der Waals surface area (Å²) in [7, 11) is 0. The summed E-state index contributed by atoms with van der Waals surface area (Å²) >= 11 is 0. The van der Waals surface area contributed by atoms with Crippen molar-refractivity contribution in [3.8, 4) is 0 Å². The van der Waals surface area contributed by atoms with E-state index in [4.69, 9.17) is 5.73 Å². The third-order valence-corrected chi connectivity index (χ3v) is 3.93. The smallest absolute Gasteiger partial charge is 0.251 e. The summed E-state index contributed by atoms with van der Waals surface area (Å²) < 4.78 is 0. The molecule has 3 N–H and O–H groups in total. The average molecular weight is 246 g/mol. The van der Waals surface area contributed by atoms with Gasteiger partial charge in [-0.1, -0.05) is 6.07 Å². The van der Waals surface area contributed by atoms with E-state index in [2.05, 4.69) is 11.4 Å². The molecule has 0 aliphatic heterocycles. The van der Waals surface area contributed by atoms with E-state index in [-0.39, 0.29) is 11.9 Å². The molecule has 98 valence electrons. The highest BCUT2D eigenvalue weighted by molar-refractivity contribution is 5.95. The quantitative estimate of drug-likeness (QED) is 0.857. The highest BCUT2D eigenvalue weighted by Crippen LogP contribution is 2.23. The number of rotatable bonds is 3. The van der Waals surface area contributed by atoms with Gasteiger partial charge in [-0.15, -0.1) is 0 Å². The summed E-state index contributed by atoms with van der Waals surface area (Å²) in [5.41, 5.74) is 8.93. The summed E-state index contributed by atoms with van der Waals surface area (Å²) in [6.07, 6.45) is 3.43. The monoisotopic (exact) mass is 246 g/mol. The van der Waals surface area contributed by atoms with E-state index in [0.29, 0.717) is 0 Å². The van der Waals surface area contributed by atoms with Crippen LogP contribution in [-0.2, 0) is 12.8 Å². The molecule has 0 bridgehead atoms. The van der Waals surface area contributed by atoms with Crippen LogP contribution in [0.3, 0.4) is 0 Å². The molecule has 0 aromatic heterocycles. The van der Waals surface area contributed by atoms with Crippen LogP contribution >= 0.6 is 0 Å². The third kappa shape index (κ3) is 2.56. The van der Waals surface area contributed by atoms with E-state index in [9.17, 15) is 4.79 Å². The van der Waals surface area contributed by atoms with E-state index >= 15 is 0 Å². The van der Waals surface area contributed by atoms with Gasteiger partial charge in [0.25, 0.3) is 5.91 Å². The molecule has 1 aromatic carbocycles. The summed E-state index contributed by atoms with van der Waals surface area (Å²) in [6.45, 7) is 5.80. The van der Waals surface area contributed by atoms with Crippen molar-refractivity contribution in [2.45, 2.75) is 51.6 Å². The number of fused-ring (bicyclic) bond motifs is 1. The number of carbonyl (C=O) groups is 1. The van der Waals surface area contributed by atoms with Gasteiger partial charge in [-0.3, -0.25) is 4.79 Å². The van der Waals surface area contributed by atoms with Gasteiger partial charge in [0.15, 0.2) is 0 Å². The lowest BCUT2D eigenvalue weighted by Crippen LogP contribution is -2.54. The number of nitrogens with one attached hydrogen (secondary N) is 1. The van der Waals surface area contributed by atoms with Gasteiger partial charge < -0.3 is 11.1 Å². The lowest BCUT2D eigenvalue weighted by Gasteiger charge is -2.30. The third-order valence-electron chi connectivity index (χ3n) is 3.93. The van der Waals surface area contributed by atoms with Crippen LogP contribution < -0.4 is 11.1 Å². The van der Waals surface area contributed by atoms with Gasteiger partial charge in [0.2, 0.25) is 0 Å². The zero-order valence-corrected chi connectivity index (χ0v) is 11.4. The van der Waals surface area contributed by atoms with Crippen molar-refractivity contribution in [3.05, 3.63) is 34.9 Å². The number of hydrogen-bond acceptors (Lipinski definition) is 2. The standard InChI is InChI=1S/C15H22N2O/c1-10(16)15(2,3)17-14(18)13-8-7-11-5-4-6-12(11)9-13/h7-10H,4-6,16H2,1-3H3,(H,17,18). The molecular formula is C15H22N2O. The molecule has 18 heavy (non-hydrogen) atoms. The van der Waals surface area contributed by atoms with Crippen LogP contribution in [-0.4, -0.2) is 17.5 Å². The first kappa shape index (κ1) is 13.1. The largest absolute Gasteiger partial charge is 0.346 e. The van der Waals surface area contributed by atoms with Crippen LogP contribution in [0.1, 0.15) is 48.7 Å². The van der Waals surface area contributed by atoms with Gasteiger partial charge in [0, 0.05) is 17.1 Å². The molecule has 1 unspecified atom stereocenters. The molecule has 3 nitrogen and oxygen atoms in total. The van der Waals surface area contributed by atoms with E-state index < -0.39 is 5.54 Å². The lowest BCUT2D eigenvalue weighted by atomic mass is 9.96. The van der Waals surface area contributed by atoms with Gasteiger partial charge in [0.1, 0.15) is 0 Å². The Balaban J connectivity index is 2.15. The van der Waals surface area contributed by atoms with Gasteiger partial charge >= 0.3 is 0 Å². The number of amides is 1. The first-order chi connectivity index (χ1) is 8.40.